The number of nitrogens with one attached hydrogen (secondary N) is 2. The zero-order chi connectivity index (χ0) is 18.4. The number of hydrogen-bond donors (Lipinski definition) is 2. The lowest BCUT2D eigenvalue weighted by molar-refractivity contribution is -0.927. The Morgan fingerprint density at radius 1 is 1.23 bits per heavy atom. The molecule has 26 heavy (non-hydrogen) atoms. The lowest BCUT2D eigenvalue weighted by Crippen LogP contribution is -3.13. The predicted octanol–water partition coefficient (Wildman–Crippen LogP) is 3.02. The molecule has 1 aliphatic rings. The highest BCUT2D eigenvalue weighted by atomic mass is 35.5. The number of anilines is 1. The first-order chi connectivity index (χ1) is 12.7. The third-order valence-electron chi connectivity index (χ3n) is 4.47. The van der Waals surface area contributed by atoms with Gasteiger partial charge in [0.15, 0.2) is 6.67 Å². The van der Waals surface area contributed by atoms with Crippen molar-refractivity contribution in [2.45, 2.75) is 19.9 Å². The van der Waals surface area contributed by atoms with Crippen molar-refractivity contribution in [3.8, 4) is 5.75 Å². The van der Waals surface area contributed by atoms with Gasteiger partial charge in [0.05, 0.1) is 13.2 Å². The van der Waals surface area contributed by atoms with Crippen LogP contribution in [0.1, 0.15) is 18.9 Å². The van der Waals surface area contributed by atoms with E-state index in [1.165, 1.54) is 4.90 Å². The molecule has 138 valence electrons. The molecule has 0 aromatic heterocycles. The fraction of sp³-hybridized carbons (Fsp3) is 0.350. The van der Waals surface area contributed by atoms with Gasteiger partial charge in [0.25, 0.3) is 0 Å². The molecule has 0 spiro atoms. The Morgan fingerprint density at radius 3 is 2.73 bits per heavy atom. The minimum atomic E-state index is -0.0643. The van der Waals surface area contributed by atoms with Crippen LogP contribution in [0.4, 0.5) is 10.5 Å². The number of carbonyl (C=O) groups excluding carboxylic acids is 1. The number of nitrogens with zero attached hydrogens (tertiary/aromatic N) is 1. The maximum atomic E-state index is 12.6. The van der Waals surface area contributed by atoms with E-state index in [0.29, 0.717) is 13.3 Å². The molecule has 0 radical (unpaired) electrons. The number of ether oxygens (including phenoxy) is 1. The molecule has 3 rings (SSSR count). The van der Waals surface area contributed by atoms with Gasteiger partial charge in [-0.05, 0) is 37.3 Å². The van der Waals surface area contributed by atoms with Gasteiger partial charge < -0.3 is 15.0 Å². The number of carbonyl (C=O) groups is 1. The van der Waals surface area contributed by atoms with Crippen LogP contribution in [-0.4, -0.2) is 37.3 Å². The lowest BCUT2D eigenvalue weighted by Gasteiger charge is -2.33. The maximum absolute atomic E-state index is 12.6. The molecule has 0 saturated carbocycles. The Kier molecular flexibility index (Phi) is 6.36. The minimum Gasteiger partial charge on any atom is -0.494 e. The predicted molar refractivity (Wildman–Crippen MR) is 104 cm³/mol. The average molecular weight is 375 g/mol. The van der Waals surface area contributed by atoms with E-state index >= 15 is 0 Å². The number of rotatable bonds is 5. The Hall–Kier alpha value is -2.24. The highest BCUT2D eigenvalue weighted by Crippen LogP contribution is 2.16. The van der Waals surface area contributed by atoms with E-state index in [1.54, 1.807) is 0 Å². The Morgan fingerprint density at radius 2 is 2.00 bits per heavy atom. The molecule has 2 amide bonds. The topological polar surface area (TPSA) is 46.0 Å². The number of quaternary nitrogens is 1. The smallest absolute Gasteiger partial charge is 0.326 e. The van der Waals surface area contributed by atoms with Gasteiger partial charge in [-0.1, -0.05) is 29.8 Å². The van der Waals surface area contributed by atoms with Gasteiger partial charge in [0, 0.05) is 29.2 Å². The van der Waals surface area contributed by atoms with E-state index in [9.17, 15) is 4.79 Å². The van der Waals surface area contributed by atoms with Gasteiger partial charge >= 0.3 is 6.03 Å². The highest BCUT2D eigenvalue weighted by Gasteiger charge is 2.25. The quantitative estimate of drug-likeness (QED) is 0.845. The van der Waals surface area contributed by atoms with Gasteiger partial charge in [-0.15, -0.1) is 0 Å². The zero-order valence-corrected chi connectivity index (χ0v) is 15.8. The number of amides is 2. The van der Waals surface area contributed by atoms with Crippen molar-refractivity contribution < 1.29 is 14.4 Å². The summed E-state index contributed by atoms with van der Waals surface area (Å²) in [5, 5.41) is 3.76. The summed E-state index contributed by atoms with van der Waals surface area (Å²) in [7, 11) is 0. The van der Waals surface area contributed by atoms with Crippen LogP contribution in [-0.2, 0) is 6.54 Å². The molecule has 0 aliphatic carbocycles. The van der Waals surface area contributed by atoms with Crippen LogP contribution in [0.15, 0.2) is 48.5 Å². The highest BCUT2D eigenvalue weighted by molar-refractivity contribution is 6.31. The molecule has 1 fully saturated rings. The van der Waals surface area contributed by atoms with E-state index in [1.807, 2.05) is 60.4 Å². The van der Waals surface area contributed by atoms with Crippen molar-refractivity contribution in [2.24, 2.45) is 0 Å². The van der Waals surface area contributed by atoms with Crippen molar-refractivity contribution in [1.29, 1.82) is 0 Å². The van der Waals surface area contributed by atoms with Crippen LogP contribution in [0.25, 0.3) is 0 Å². The molecule has 1 heterocycles. The Balaban J connectivity index is 1.56. The van der Waals surface area contributed by atoms with Crippen molar-refractivity contribution in [3.63, 3.8) is 0 Å². The van der Waals surface area contributed by atoms with E-state index < -0.39 is 0 Å². The standard InChI is InChI=1S/C20H24ClN3O2/c1-2-26-18-10-8-17(9-11-18)22-20(25)24-13-5-12-23(15-24)14-16-6-3-4-7-19(16)21/h3-4,6-11H,2,5,12-15H2,1H3,(H,22,25)/p+1. The SMILES string of the molecule is CCOc1ccc(NC(=O)N2CCC[NH+](Cc3ccccc3Cl)C2)cc1. The third kappa shape index (κ3) is 4.90. The summed E-state index contributed by atoms with van der Waals surface area (Å²) in [5.41, 5.74) is 1.90. The van der Waals surface area contributed by atoms with Crippen molar-refractivity contribution in [1.82, 2.24) is 4.90 Å². The van der Waals surface area contributed by atoms with Crippen molar-refractivity contribution in [2.75, 3.05) is 31.7 Å². The van der Waals surface area contributed by atoms with Gasteiger partial charge in [-0.3, -0.25) is 4.90 Å². The molecule has 1 saturated heterocycles. The minimum absolute atomic E-state index is 0.0643. The summed E-state index contributed by atoms with van der Waals surface area (Å²) in [5.74, 6) is 0.804. The first kappa shape index (κ1) is 18.5. The molecule has 2 aromatic rings. The first-order valence-corrected chi connectivity index (χ1v) is 9.39. The molecule has 2 aromatic carbocycles. The maximum Gasteiger partial charge on any atom is 0.326 e. The lowest BCUT2D eigenvalue weighted by atomic mass is 10.2. The molecular weight excluding hydrogens is 350 g/mol. The second-order valence-electron chi connectivity index (χ2n) is 6.43. The molecule has 1 atom stereocenters. The van der Waals surface area contributed by atoms with Crippen LogP contribution in [0.5, 0.6) is 5.75 Å². The summed E-state index contributed by atoms with van der Waals surface area (Å²) in [6, 6.07) is 15.3. The van der Waals surface area contributed by atoms with Crippen LogP contribution < -0.4 is 15.0 Å². The summed E-state index contributed by atoms with van der Waals surface area (Å²) < 4.78 is 5.43. The van der Waals surface area contributed by atoms with Gasteiger partial charge in [0.2, 0.25) is 0 Å². The zero-order valence-electron chi connectivity index (χ0n) is 15.0. The summed E-state index contributed by atoms with van der Waals surface area (Å²) in [6.45, 7) is 5.89. The van der Waals surface area contributed by atoms with Gasteiger partial charge in [-0.25, -0.2) is 4.79 Å². The van der Waals surface area contributed by atoms with Crippen molar-refractivity contribution in [3.05, 3.63) is 59.1 Å². The molecule has 1 unspecified atom stereocenters. The number of halogens is 1. The molecule has 5 nitrogen and oxygen atoms in total. The summed E-state index contributed by atoms with van der Waals surface area (Å²) in [4.78, 5) is 15.8. The molecule has 1 aliphatic heterocycles. The Bertz CT molecular complexity index is 736. The Labute approximate surface area is 159 Å². The normalized spacial score (nSPS) is 17.0. The molecule has 6 heteroatoms. The third-order valence-corrected chi connectivity index (χ3v) is 4.84. The van der Waals surface area contributed by atoms with E-state index in [4.69, 9.17) is 16.3 Å². The second kappa shape index (κ2) is 8.92. The van der Waals surface area contributed by atoms with E-state index in [-0.39, 0.29) is 6.03 Å². The number of urea groups is 1. The molecule has 0 bridgehead atoms. The largest absolute Gasteiger partial charge is 0.494 e. The second-order valence-corrected chi connectivity index (χ2v) is 6.84. The van der Waals surface area contributed by atoms with Crippen LogP contribution in [0.3, 0.4) is 0 Å². The van der Waals surface area contributed by atoms with Crippen LogP contribution >= 0.6 is 11.6 Å². The molecular formula is C20H25ClN3O2+. The van der Waals surface area contributed by atoms with Crippen LogP contribution in [0, 0.1) is 0 Å². The first-order valence-electron chi connectivity index (χ1n) is 9.01. The summed E-state index contributed by atoms with van der Waals surface area (Å²) >= 11 is 6.27. The fourth-order valence-corrected chi connectivity index (χ4v) is 3.38. The van der Waals surface area contributed by atoms with E-state index in [0.717, 1.165) is 48.1 Å². The molecule has 2 N–H and O–H groups in total. The van der Waals surface area contributed by atoms with Gasteiger partial charge in [-0.2, -0.15) is 0 Å². The number of hydrogen-bond acceptors (Lipinski definition) is 2. The summed E-state index contributed by atoms with van der Waals surface area (Å²) in [6.07, 6.45) is 0.983. The van der Waals surface area contributed by atoms with E-state index in [2.05, 4.69) is 5.32 Å². The average Bonchev–Trinajstić information content (AvgIpc) is 2.66. The van der Waals surface area contributed by atoms with Gasteiger partial charge in [0.1, 0.15) is 12.3 Å². The fourth-order valence-electron chi connectivity index (χ4n) is 3.18. The van der Waals surface area contributed by atoms with Crippen molar-refractivity contribution >= 4 is 23.3 Å². The number of benzene rings is 2. The monoisotopic (exact) mass is 374 g/mol. The van der Waals surface area contributed by atoms with Crippen LogP contribution in [0.2, 0.25) is 5.02 Å².